The second kappa shape index (κ2) is 18.3. The number of carbonyl (C=O) groups is 1. The van der Waals surface area contributed by atoms with Gasteiger partial charge in [0, 0.05) is 12.8 Å². The molecule has 4 atom stereocenters. The van der Waals surface area contributed by atoms with Gasteiger partial charge in [0.1, 0.15) is 12.7 Å². The van der Waals surface area contributed by atoms with Crippen LogP contribution >= 0.6 is 0 Å². The highest BCUT2D eigenvalue weighted by molar-refractivity contribution is 5.79. The summed E-state index contributed by atoms with van der Waals surface area (Å²) in [6, 6.07) is 20.7. The Labute approximate surface area is 237 Å². The summed E-state index contributed by atoms with van der Waals surface area (Å²) in [7, 11) is 2.18. The summed E-state index contributed by atoms with van der Waals surface area (Å²) >= 11 is 0. The van der Waals surface area contributed by atoms with E-state index >= 15 is 0 Å². The topological polar surface area (TPSA) is 48.0 Å². The van der Waals surface area contributed by atoms with Crippen LogP contribution in [0.5, 0.6) is 0 Å². The lowest BCUT2D eigenvalue weighted by Crippen LogP contribution is -2.49. The first-order chi connectivity index (χ1) is 19.1. The van der Waals surface area contributed by atoms with Crippen LogP contribution in [0.25, 0.3) is 0 Å². The molecule has 1 saturated carbocycles. The van der Waals surface area contributed by atoms with Gasteiger partial charge in [0.2, 0.25) is 0 Å². The molecule has 0 aromatic heterocycles. The maximum Gasteiger partial charge on any atom is 0.158 e. The summed E-state index contributed by atoms with van der Waals surface area (Å²) in [4.78, 5) is 15.1. The van der Waals surface area contributed by atoms with Crippen molar-refractivity contribution < 1.29 is 19.0 Å². The first-order valence-corrected chi connectivity index (χ1v) is 15.3. The van der Waals surface area contributed by atoms with Crippen LogP contribution in [0.1, 0.15) is 89.2 Å². The molecule has 39 heavy (non-hydrogen) atoms. The molecule has 5 nitrogen and oxygen atoms in total. The monoisotopic (exact) mass is 537 g/mol. The summed E-state index contributed by atoms with van der Waals surface area (Å²) in [5.74, 6) is 0.180. The number of rotatable bonds is 20. The Kier molecular flexibility index (Phi) is 14.8. The SMILES string of the molecule is CCCCCCCN(C)C1C(OCc2ccccc2)CC(OCc2ccccc2)C1OCC(=O)CCCCC. The largest absolute Gasteiger partial charge is 0.372 e. The number of hydrogen-bond donors (Lipinski definition) is 0. The van der Waals surface area contributed by atoms with Gasteiger partial charge in [-0.25, -0.2) is 0 Å². The van der Waals surface area contributed by atoms with Crippen molar-refractivity contribution in [3.05, 3.63) is 71.8 Å². The molecule has 1 aliphatic rings. The third-order valence-electron chi connectivity index (χ3n) is 7.78. The minimum absolute atomic E-state index is 0.0316. The zero-order valence-electron chi connectivity index (χ0n) is 24.6. The number of likely N-dealkylation sites (N-methyl/N-ethyl adjacent to an activating group) is 1. The van der Waals surface area contributed by atoms with Crippen molar-refractivity contribution in [3.63, 3.8) is 0 Å². The zero-order valence-corrected chi connectivity index (χ0v) is 24.6. The molecule has 0 radical (unpaired) electrons. The van der Waals surface area contributed by atoms with Crippen molar-refractivity contribution in [1.82, 2.24) is 4.90 Å². The second-order valence-corrected chi connectivity index (χ2v) is 11.1. The van der Waals surface area contributed by atoms with E-state index in [1.807, 2.05) is 24.3 Å². The predicted octanol–water partition coefficient (Wildman–Crippen LogP) is 7.37. The fourth-order valence-electron chi connectivity index (χ4n) is 5.51. The van der Waals surface area contributed by atoms with E-state index in [-0.39, 0.29) is 36.7 Å². The summed E-state index contributed by atoms with van der Waals surface area (Å²) in [6.45, 7) is 6.61. The maximum absolute atomic E-state index is 12.7. The third-order valence-corrected chi connectivity index (χ3v) is 7.78. The van der Waals surface area contributed by atoms with Crippen LogP contribution in [0.15, 0.2) is 60.7 Å². The molecule has 3 rings (SSSR count). The van der Waals surface area contributed by atoms with Gasteiger partial charge in [0.15, 0.2) is 5.78 Å². The number of benzene rings is 2. The van der Waals surface area contributed by atoms with Crippen LogP contribution in [-0.4, -0.2) is 55.2 Å². The Morgan fingerprint density at radius 2 is 1.31 bits per heavy atom. The van der Waals surface area contributed by atoms with Gasteiger partial charge in [0.25, 0.3) is 0 Å². The van der Waals surface area contributed by atoms with Gasteiger partial charge in [-0.1, -0.05) is 113 Å². The first kappa shape index (κ1) is 31.5. The van der Waals surface area contributed by atoms with Gasteiger partial charge in [-0.05, 0) is 37.6 Å². The van der Waals surface area contributed by atoms with E-state index in [4.69, 9.17) is 14.2 Å². The number of Topliss-reactive ketones (excluding diaryl/α,β-unsaturated/α-hetero) is 1. The molecule has 0 N–H and O–H groups in total. The number of ether oxygens (including phenoxy) is 3. The minimum Gasteiger partial charge on any atom is -0.372 e. The number of carbonyl (C=O) groups excluding carboxylic acids is 1. The van der Waals surface area contributed by atoms with Crippen molar-refractivity contribution in [2.24, 2.45) is 0 Å². The molecule has 0 heterocycles. The molecule has 2 aromatic carbocycles. The molecule has 2 aromatic rings. The van der Waals surface area contributed by atoms with Gasteiger partial charge in [-0.15, -0.1) is 0 Å². The first-order valence-electron chi connectivity index (χ1n) is 15.3. The number of hydrogen-bond acceptors (Lipinski definition) is 5. The van der Waals surface area contributed by atoms with E-state index in [0.717, 1.165) is 49.8 Å². The average Bonchev–Trinajstić information content (AvgIpc) is 3.32. The minimum atomic E-state index is -0.217. The van der Waals surface area contributed by atoms with Crippen LogP contribution in [0.3, 0.4) is 0 Å². The molecule has 4 unspecified atom stereocenters. The normalized spacial score (nSPS) is 21.0. The van der Waals surface area contributed by atoms with E-state index in [0.29, 0.717) is 19.6 Å². The lowest BCUT2D eigenvalue weighted by atomic mass is 10.1. The van der Waals surface area contributed by atoms with E-state index in [1.54, 1.807) is 0 Å². The lowest BCUT2D eigenvalue weighted by Gasteiger charge is -2.34. The number of unbranched alkanes of at least 4 members (excludes halogenated alkanes) is 6. The van der Waals surface area contributed by atoms with Gasteiger partial charge in [-0.3, -0.25) is 9.69 Å². The quantitative estimate of drug-likeness (QED) is 0.165. The van der Waals surface area contributed by atoms with Crippen LogP contribution in [0, 0.1) is 0 Å². The molecule has 0 bridgehead atoms. The van der Waals surface area contributed by atoms with Gasteiger partial charge >= 0.3 is 0 Å². The van der Waals surface area contributed by atoms with E-state index < -0.39 is 0 Å². The van der Waals surface area contributed by atoms with Gasteiger partial charge in [0.05, 0.1) is 31.5 Å². The van der Waals surface area contributed by atoms with Crippen molar-refractivity contribution in [3.8, 4) is 0 Å². The van der Waals surface area contributed by atoms with Crippen LogP contribution in [-0.2, 0) is 32.2 Å². The number of ketones is 1. The summed E-state index contributed by atoms with van der Waals surface area (Å²) < 4.78 is 19.6. The highest BCUT2D eigenvalue weighted by atomic mass is 16.6. The standard InChI is InChI=1S/C34H51NO4/c1-4-6-8-9-17-23-35(3)33-31(37-25-28-18-13-10-14-19-28)24-32(38-26-29-20-15-11-16-21-29)34(33)39-27-30(36)22-12-7-5-2/h10-11,13-16,18-21,31-34H,4-9,12,17,22-27H2,1-3H3. The van der Waals surface area contributed by atoms with E-state index in [2.05, 4.69) is 62.2 Å². The van der Waals surface area contributed by atoms with Crippen LogP contribution in [0.4, 0.5) is 0 Å². The summed E-state index contributed by atoms with van der Waals surface area (Å²) in [5, 5.41) is 0. The van der Waals surface area contributed by atoms with Crippen molar-refractivity contribution in [2.45, 2.75) is 116 Å². The molecule has 216 valence electrons. The molecular formula is C34H51NO4. The third kappa shape index (κ3) is 11.2. The number of nitrogens with zero attached hydrogens (tertiary/aromatic N) is 1. The maximum atomic E-state index is 12.7. The average molecular weight is 538 g/mol. The van der Waals surface area contributed by atoms with Crippen LogP contribution in [0.2, 0.25) is 0 Å². The van der Waals surface area contributed by atoms with Crippen LogP contribution < -0.4 is 0 Å². The highest BCUT2D eigenvalue weighted by Crippen LogP contribution is 2.33. The van der Waals surface area contributed by atoms with Gasteiger partial charge in [-0.2, -0.15) is 0 Å². The molecule has 0 spiro atoms. The predicted molar refractivity (Wildman–Crippen MR) is 159 cm³/mol. The molecule has 0 amide bonds. The Morgan fingerprint density at radius 1 is 0.744 bits per heavy atom. The Morgan fingerprint density at radius 3 is 1.92 bits per heavy atom. The van der Waals surface area contributed by atoms with E-state index in [9.17, 15) is 4.79 Å². The Bertz CT molecular complexity index is 906. The van der Waals surface area contributed by atoms with Crippen molar-refractivity contribution >= 4 is 5.78 Å². The summed E-state index contributed by atoms with van der Waals surface area (Å²) in [6.07, 6.45) is 10.3. The molecule has 1 fully saturated rings. The summed E-state index contributed by atoms with van der Waals surface area (Å²) in [5.41, 5.74) is 2.30. The molecule has 1 aliphatic carbocycles. The molecule has 0 aliphatic heterocycles. The molecule has 0 saturated heterocycles. The van der Waals surface area contributed by atoms with Gasteiger partial charge < -0.3 is 14.2 Å². The fourth-order valence-corrected chi connectivity index (χ4v) is 5.51. The Hall–Kier alpha value is -2.05. The smallest absolute Gasteiger partial charge is 0.158 e. The van der Waals surface area contributed by atoms with E-state index in [1.165, 1.54) is 25.7 Å². The highest BCUT2D eigenvalue weighted by Gasteiger charge is 2.47. The molecule has 5 heteroatoms. The second-order valence-electron chi connectivity index (χ2n) is 11.1. The fraction of sp³-hybridized carbons (Fsp3) is 0.618. The lowest BCUT2D eigenvalue weighted by molar-refractivity contribution is -0.133. The van der Waals surface area contributed by atoms with Crippen molar-refractivity contribution in [1.29, 1.82) is 0 Å². The molecular weight excluding hydrogens is 486 g/mol. The Balaban J connectivity index is 1.73. The van der Waals surface area contributed by atoms with Crippen molar-refractivity contribution in [2.75, 3.05) is 20.2 Å². The zero-order chi connectivity index (χ0) is 27.7.